The molecule has 1 aliphatic rings. The third-order valence-electron chi connectivity index (χ3n) is 7.49. The van der Waals surface area contributed by atoms with Crippen LogP contribution < -0.4 is 15.6 Å². The van der Waals surface area contributed by atoms with Crippen molar-refractivity contribution in [3.63, 3.8) is 0 Å². The number of hydrogen-bond donors (Lipinski definition) is 1. The number of nitrogens with one attached hydrogen (secondary N) is 1. The molecule has 1 aromatic heterocycles. The van der Waals surface area contributed by atoms with Crippen molar-refractivity contribution in [2.24, 2.45) is 5.10 Å². The van der Waals surface area contributed by atoms with Gasteiger partial charge in [0.2, 0.25) is 0 Å². The van der Waals surface area contributed by atoms with Crippen LogP contribution in [0.2, 0.25) is 0 Å². The van der Waals surface area contributed by atoms with E-state index in [2.05, 4.69) is 5.32 Å². The number of ether oxygens (including phenoxy) is 1. The number of hydrogen-bond acceptors (Lipinski definition) is 5. The van der Waals surface area contributed by atoms with E-state index < -0.39 is 11.7 Å². The molecule has 1 aliphatic carbocycles. The Kier molecular flexibility index (Phi) is 7.54. The van der Waals surface area contributed by atoms with E-state index in [-0.39, 0.29) is 23.8 Å². The molecule has 4 aromatic carbocycles. The molecule has 0 atom stereocenters. The topological polar surface area (TPSA) is 85.6 Å². The smallest absolute Gasteiger partial charge is 0.282 e. The van der Waals surface area contributed by atoms with Gasteiger partial charge in [-0.2, -0.15) is 9.78 Å². The van der Waals surface area contributed by atoms with E-state index in [1.54, 1.807) is 30.5 Å². The van der Waals surface area contributed by atoms with E-state index in [1.807, 2.05) is 48.5 Å². The van der Waals surface area contributed by atoms with Crippen molar-refractivity contribution in [1.82, 2.24) is 9.66 Å². The molecule has 1 amide bonds. The van der Waals surface area contributed by atoms with Gasteiger partial charge in [0, 0.05) is 11.5 Å². The predicted octanol–water partition coefficient (Wildman–Crippen LogP) is 6.64. The minimum Gasteiger partial charge on any atom is -0.483 e. The Morgan fingerprint density at radius 3 is 2.51 bits per heavy atom. The lowest BCUT2D eigenvalue weighted by atomic mass is 9.88. The van der Waals surface area contributed by atoms with Crippen molar-refractivity contribution in [2.45, 2.75) is 38.0 Å². The van der Waals surface area contributed by atoms with E-state index in [0.29, 0.717) is 28.0 Å². The van der Waals surface area contributed by atoms with Crippen molar-refractivity contribution < 1.29 is 13.9 Å². The first kappa shape index (κ1) is 26.4. The number of rotatable bonds is 7. The van der Waals surface area contributed by atoms with E-state index in [9.17, 15) is 14.0 Å². The minimum absolute atomic E-state index is 0.0832. The summed E-state index contributed by atoms with van der Waals surface area (Å²) >= 11 is 0. The molecule has 0 aliphatic heterocycles. The van der Waals surface area contributed by atoms with Gasteiger partial charge in [-0.3, -0.25) is 9.59 Å². The van der Waals surface area contributed by atoms with Gasteiger partial charge < -0.3 is 10.1 Å². The molecule has 1 fully saturated rings. The van der Waals surface area contributed by atoms with Gasteiger partial charge in [0.1, 0.15) is 17.4 Å². The van der Waals surface area contributed by atoms with E-state index in [0.717, 1.165) is 36.5 Å². The summed E-state index contributed by atoms with van der Waals surface area (Å²) in [6, 6.07) is 24.7. The van der Waals surface area contributed by atoms with Gasteiger partial charge in [0.15, 0.2) is 6.61 Å². The number of amides is 1. The third-order valence-corrected chi connectivity index (χ3v) is 7.49. The molecule has 1 saturated carbocycles. The number of carbonyl (C=O) groups is 1. The second kappa shape index (κ2) is 11.7. The Bertz CT molecular complexity index is 1830. The summed E-state index contributed by atoms with van der Waals surface area (Å²) in [7, 11) is 0. The SMILES string of the molecule is O=C(COc1ccc2ccccc2c1C=Nn1c(C2CCCCC2)nc2ccccc2c1=O)Nc1ccccc1F. The van der Waals surface area contributed by atoms with Crippen LogP contribution in [0.25, 0.3) is 21.7 Å². The van der Waals surface area contributed by atoms with Crippen LogP contribution in [-0.2, 0) is 4.79 Å². The maximum Gasteiger partial charge on any atom is 0.282 e. The lowest BCUT2D eigenvalue weighted by molar-refractivity contribution is -0.118. The molecule has 206 valence electrons. The van der Waals surface area contributed by atoms with E-state index in [4.69, 9.17) is 14.8 Å². The molecule has 1 N–H and O–H groups in total. The summed E-state index contributed by atoms with van der Waals surface area (Å²) in [5.41, 5.74) is 1.15. The number of halogens is 1. The summed E-state index contributed by atoms with van der Waals surface area (Å²) in [6.45, 7) is -0.335. The van der Waals surface area contributed by atoms with Crippen LogP contribution in [0.15, 0.2) is 94.8 Å². The number of fused-ring (bicyclic) bond motifs is 2. The molecule has 41 heavy (non-hydrogen) atoms. The first-order valence-electron chi connectivity index (χ1n) is 13.8. The third kappa shape index (κ3) is 5.59. The van der Waals surface area contributed by atoms with Gasteiger partial charge in [-0.25, -0.2) is 9.37 Å². The molecule has 7 nitrogen and oxygen atoms in total. The molecule has 5 aromatic rings. The van der Waals surface area contributed by atoms with E-state index >= 15 is 0 Å². The molecule has 8 heteroatoms. The molecule has 1 heterocycles. The van der Waals surface area contributed by atoms with Crippen LogP contribution in [0, 0.1) is 5.82 Å². The van der Waals surface area contributed by atoms with Crippen LogP contribution in [0.3, 0.4) is 0 Å². The highest BCUT2D eigenvalue weighted by Gasteiger charge is 2.22. The van der Waals surface area contributed by atoms with Crippen LogP contribution in [-0.4, -0.2) is 28.4 Å². The van der Waals surface area contributed by atoms with Crippen LogP contribution >= 0.6 is 0 Å². The predicted molar refractivity (Wildman–Crippen MR) is 159 cm³/mol. The second-order valence-corrected chi connectivity index (χ2v) is 10.2. The Labute approximate surface area is 236 Å². The van der Waals surface area contributed by atoms with Crippen molar-refractivity contribution in [3.8, 4) is 5.75 Å². The first-order valence-corrected chi connectivity index (χ1v) is 13.8. The molecule has 0 spiro atoms. The van der Waals surface area contributed by atoms with E-state index in [1.165, 1.54) is 23.2 Å². The lowest BCUT2D eigenvalue weighted by Gasteiger charge is -2.22. The highest BCUT2D eigenvalue weighted by molar-refractivity contribution is 6.02. The maximum absolute atomic E-state index is 14.0. The molecule has 0 unspecified atom stereocenters. The Balaban J connectivity index is 1.38. The van der Waals surface area contributed by atoms with Crippen LogP contribution in [0.1, 0.15) is 49.4 Å². The van der Waals surface area contributed by atoms with Gasteiger partial charge in [0.25, 0.3) is 11.5 Å². The number of aromatic nitrogens is 2. The largest absolute Gasteiger partial charge is 0.483 e. The molecule has 0 saturated heterocycles. The van der Waals surface area contributed by atoms with Crippen molar-refractivity contribution in [1.29, 1.82) is 0 Å². The number of carbonyl (C=O) groups excluding carboxylic acids is 1. The Morgan fingerprint density at radius 1 is 0.951 bits per heavy atom. The number of para-hydroxylation sites is 2. The fraction of sp³-hybridized carbons (Fsp3) is 0.212. The van der Waals surface area contributed by atoms with Crippen LogP contribution in [0.5, 0.6) is 5.75 Å². The minimum atomic E-state index is -0.525. The summed E-state index contributed by atoms with van der Waals surface area (Å²) in [5, 5.41) is 9.55. The molecule has 0 radical (unpaired) electrons. The first-order chi connectivity index (χ1) is 20.1. The zero-order valence-electron chi connectivity index (χ0n) is 22.4. The van der Waals surface area contributed by atoms with Crippen molar-refractivity contribution in [2.75, 3.05) is 11.9 Å². The fourth-order valence-corrected chi connectivity index (χ4v) is 5.42. The number of nitrogens with zero attached hydrogens (tertiary/aromatic N) is 3. The lowest BCUT2D eigenvalue weighted by Crippen LogP contribution is -2.25. The average Bonchev–Trinajstić information content (AvgIpc) is 3.01. The summed E-state index contributed by atoms with van der Waals surface area (Å²) in [6.07, 6.45) is 6.89. The maximum atomic E-state index is 14.0. The zero-order chi connectivity index (χ0) is 28.2. The highest BCUT2D eigenvalue weighted by atomic mass is 19.1. The van der Waals surface area contributed by atoms with Gasteiger partial charge in [-0.05, 0) is 53.9 Å². The Morgan fingerprint density at radius 2 is 1.68 bits per heavy atom. The molecular formula is C33H29FN4O3. The normalized spacial score (nSPS) is 14.1. The summed E-state index contributed by atoms with van der Waals surface area (Å²) in [4.78, 5) is 31.2. The fourth-order valence-electron chi connectivity index (χ4n) is 5.42. The Hall–Kier alpha value is -4.85. The monoisotopic (exact) mass is 548 g/mol. The standard InChI is InChI=1S/C33H29FN4O3/c34-27-15-7-9-17-29(27)36-31(39)21-41-30-19-18-22-10-4-5-13-24(22)26(30)20-35-38-32(23-11-2-1-3-12-23)37-28-16-8-6-14-25(28)33(38)40/h4-10,13-20,23H,1-3,11-12,21H2,(H,36,39). The molecule has 6 rings (SSSR count). The highest BCUT2D eigenvalue weighted by Crippen LogP contribution is 2.32. The quantitative estimate of drug-likeness (QED) is 0.231. The molecule has 0 bridgehead atoms. The van der Waals surface area contributed by atoms with Gasteiger partial charge in [-0.1, -0.05) is 73.9 Å². The van der Waals surface area contributed by atoms with Gasteiger partial charge in [0.05, 0.1) is 22.8 Å². The second-order valence-electron chi connectivity index (χ2n) is 10.2. The van der Waals surface area contributed by atoms with Crippen molar-refractivity contribution in [3.05, 3.63) is 112 Å². The average molecular weight is 549 g/mol. The molecular weight excluding hydrogens is 519 g/mol. The van der Waals surface area contributed by atoms with Gasteiger partial charge in [-0.15, -0.1) is 0 Å². The summed E-state index contributed by atoms with van der Waals surface area (Å²) in [5.74, 6) is 0.195. The summed E-state index contributed by atoms with van der Waals surface area (Å²) < 4.78 is 21.4. The number of anilines is 1. The van der Waals surface area contributed by atoms with Crippen molar-refractivity contribution >= 4 is 39.5 Å². The number of benzene rings is 4. The zero-order valence-corrected chi connectivity index (χ0v) is 22.4. The van der Waals surface area contributed by atoms with Crippen LogP contribution in [0.4, 0.5) is 10.1 Å². The van der Waals surface area contributed by atoms with Gasteiger partial charge >= 0.3 is 0 Å².